The van der Waals surface area contributed by atoms with Gasteiger partial charge in [-0.25, -0.2) is 0 Å². The van der Waals surface area contributed by atoms with Crippen LogP contribution in [0.4, 0.5) is 5.69 Å². The van der Waals surface area contributed by atoms with Crippen molar-refractivity contribution in [1.82, 2.24) is 4.90 Å². The number of carbonyl (C=O) groups excluding carboxylic acids is 2. The summed E-state index contributed by atoms with van der Waals surface area (Å²) in [4.78, 5) is 25.4. The quantitative estimate of drug-likeness (QED) is 0.591. The number of likely N-dealkylation sites (tertiary alicyclic amines) is 1. The van der Waals surface area contributed by atoms with Gasteiger partial charge in [0.1, 0.15) is 6.10 Å². The fourth-order valence-corrected chi connectivity index (χ4v) is 2.85. The van der Waals surface area contributed by atoms with Crippen molar-refractivity contribution in [2.45, 2.75) is 25.5 Å². The molecule has 0 radical (unpaired) electrons. The molecule has 0 aliphatic carbocycles. The maximum absolute atomic E-state index is 12.8. The average Bonchev–Trinajstić information content (AvgIpc) is 2.95. The molecule has 0 bridgehead atoms. The number of carbonyl (C=O) groups is 2. The first-order valence-electron chi connectivity index (χ1n) is 7.51. The molecule has 2 atom stereocenters. The number of hydrogen-bond acceptors (Lipinski definition) is 7. The Balaban J connectivity index is 2.28. The van der Waals surface area contributed by atoms with Gasteiger partial charge in [0.25, 0.3) is 5.91 Å². The molecule has 132 valence electrons. The van der Waals surface area contributed by atoms with E-state index in [1.54, 1.807) is 0 Å². The van der Waals surface area contributed by atoms with Crippen molar-refractivity contribution in [1.29, 1.82) is 0 Å². The minimum Gasteiger partial charge on any atom is -0.493 e. The summed E-state index contributed by atoms with van der Waals surface area (Å²) in [6, 6.07) is 2.58. The van der Waals surface area contributed by atoms with Crippen LogP contribution in [0.15, 0.2) is 12.1 Å². The largest absolute Gasteiger partial charge is 0.493 e. The van der Waals surface area contributed by atoms with E-state index < -0.39 is 18.1 Å². The van der Waals surface area contributed by atoms with E-state index in [2.05, 4.69) is 0 Å². The summed E-state index contributed by atoms with van der Waals surface area (Å²) in [5.74, 6) is 0.0228. The van der Waals surface area contributed by atoms with E-state index in [0.717, 1.165) is 0 Å². The molecule has 1 heterocycles. The number of nitrogens with two attached hydrogens (primary N) is 1. The Bertz CT molecular complexity index is 633. The summed E-state index contributed by atoms with van der Waals surface area (Å²) < 4.78 is 15.5. The standard InChI is InChI=1S/C16H22N2O6/c1-9(20)24-11-4-10(8-19)18(7-11)16(21)12-5-14(22-2)15(23-3)6-13(12)17/h5-6,10-11,19H,4,7-8,17H2,1-3H3/t10-,11+/m0/s1. The molecular weight excluding hydrogens is 316 g/mol. The van der Waals surface area contributed by atoms with Crippen LogP contribution in [0.5, 0.6) is 11.5 Å². The number of aliphatic hydroxyl groups excluding tert-OH is 1. The molecule has 0 unspecified atom stereocenters. The molecule has 0 spiro atoms. The smallest absolute Gasteiger partial charge is 0.302 e. The summed E-state index contributed by atoms with van der Waals surface area (Å²) in [6.07, 6.45) is -0.0559. The first-order valence-corrected chi connectivity index (χ1v) is 7.51. The highest BCUT2D eigenvalue weighted by molar-refractivity contribution is 6.00. The first kappa shape index (κ1) is 17.9. The fourth-order valence-electron chi connectivity index (χ4n) is 2.85. The van der Waals surface area contributed by atoms with Crippen LogP contribution in [0.25, 0.3) is 0 Å². The molecule has 1 fully saturated rings. The lowest BCUT2D eigenvalue weighted by atomic mass is 10.1. The van der Waals surface area contributed by atoms with E-state index in [9.17, 15) is 14.7 Å². The predicted molar refractivity (Wildman–Crippen MR) is 86.0 cm³/mol. The van der Waals surface area contributed by atoms with Gasteiger partial charge in [0.15, 0.2) is 11.5 Å². The van der Waals surface area contributed by atoms with Gasteiger partial charge in [-0.3, -0.25) is 9.59 Å². The van der Waals surface area contributed by atoms with Crippen LogP contribution in [0.2, 0.25) is 0 Å². The molecule has 8 heteroatoms. The number of aliphatic hydroxyl groups is 1. The van der Waals surface area contributed by atoms with Crippen LogP contribution in [-0.4, -0.2) is 61.4 Å². The predicted octanol–water partition coefficient (Wildman–Crippen LogP) is 0.424. The van der Waals surface area contributed by atoms with Crippen molar-refractivity contribution < 1.29 is 28.9 Å². The van der Waals surface area contributed by atoms with Gasteiger partial charge in [-0.05, 0) is 6.07 Å². The van der Waals surface area contributed by atoms with E-state index in [4.69, 9.17) is 19.9 Å². The SMILES string of the molecule is COc1cc(N)c(C(=O)N2C[C@H](OC(C)=O)C[C@H]2CO)cc1OC. The zero-order valence-corrected chi connectivity index (χ0v) is 13.9. The normalized spacial score (nSPS) is 19.9. The van der Waals surface area contributed by atoms with Gasteiger partial charge < -0.3 is 30.0 Å². The van der Waals surface area contributed by atoms with Gasteiger partial charge in [0, 0.05) is 25.1 Å². The zero-order chi connectivity index (χ0) is 17.9. The van der Waals surface area contributed by atoms with E-state index in [0.29, 0.717) is 17.9 Å². The molecule has 2 rings (SSSR count). The lowest BCUT2D eigenvalue weighted by molar-refractivity contribution is -0.145. The van der Waals surface area contributed by atoms with Gasteiger partial charge in [-0.15, -0.1) is 0 Å². The molecule has 1 aromatic rings. The van der Waals surface area contributed by atoms with Crippen molar-refractivity contribution in [3.63, 3.8) is 0 Å². The van der Waals surface area contributed by atoms with Crippen molar-refractivity contribution >= 4 is 17.6 Å². The van der Waals surface area contributed by atoms with Crippen LogP contribution in [-0.2, 0) is 9.53 Å². The molecule has 8 nitrogen and oxygen atoms in total. The molecule has 1 amide bonds. The number of amides is 1. The Morgan fingerprint density at radius 3 is 2.46 bits per heavy atom. The highest BCUT2D eigenvalue weighted by atomic mass is 16.5. The van der Waals surface area contributed by atoms with E-state index in [-0.39, 0.29) is 30.3 Å². The average molecular weight is 338 g/mol. The van der Waals surface area contributed by atoms with Crippen LogP contribution >= 0.6 is 0 Å². The Kier molecular flexibility index (Phi) is 5.50. The highest BCUT2D eigenvalue weighted by Gasteiger charge is 2.37. The summed E-state index contributed by atoms with van der Waals surface area (Å²) in [6.45, 7) is 1.29. The second-order valence-corrected chi connectivity index (χ2v) is 5.56. The summed E-state index contributed by atoms with van der Waals surface area (Å²) in [5, 5.41) is 9.53. The third-order valence-electron chi connectivity index (χ3n) is 3.97. The summed E-state index contributed by atoms with van der Waals surface area (Å²) in [5.41, 5.74) is 6.45. The maximum Gasteiger partial charge on any atom is 0.302 e. The Morgan fingerprint density at radius 1 is 1.29 bits per heavy atom. The number of ether oxygens (including phenoxy) is 3. The molecule has 1 aromatic carbocycles. The molecule has 0 saturated carbocycles. The topological polar surface area (TPSA) is 111 Å². The molecule has 1 saturated heterocycles. The number of rotatable bonds is 5. The molecule has 3 N–H and O–H groups in total. The van der Waals surface area contributed by atoms with Crippen LogP contribution < -0.4 is 15.2 Å². The Hall–Kier alpha value is -2.48. The van der Waals surface area contributed by atoms with Gasteiger partial charge in [0.05, 0.1) is 39.0 Å². The second kappa shape index (κ2) is 7.39. The summed E-state index contributed by atoms with van der Waals surface area (Å²) in [7, 11) is 2.94. The van der Waals surface area contributed by atoms with Gasteiger partial charge in [0.2, 0.25) is 0 Å². The number of methoxy groups -OCH3 is 2. The lowest BCUT2D eigenvalue weighted by Crippen LogP contribution is -2.38. The highest BCUT2D eigenvalue weighted by Crippen LogP contribution is 2.33. The van der Waals surface area contributed by atoms with Crippen LogP contribution in [0.1, 0.15) is 23.7 Å². The van der Waals surface area contributed by atoms with Crippen molar-refractivity contribution in [3.8, 4) is 11.5 Å². The van der Waals surface area contributed by atoms with E-state index in [1.807, 2.05) is 0 Å². The number of esters is 1. The van der Waals surface area contributed by atoms with E-state index >= 15 is 0 Å². The van der Waals surface area contributed by atoms with Crippen LogP contribution in [0.3, 0.4) is 0 Å². The molecule has 0 aromatic heterocycles. The summed E-state index contributed by atoms with van der Waals surface area (Å²) >= 11 is 0. The first-order chi connectivity index (χ1) is 11.4. The van der Waals surface area contributed by atoms with E-state index in [1.165, 1.54) is 38.2 Å². The van der Waals surface area contributed by atoms with Crippen molar-refractivity contribution in [2.24, 2.45) is 0 Å². The number of nitrogen functional groups attached to an aromatic ring is 1. The molecular formula is C16H22N2O6. The third kappa shape index (κ3) is 3.53. The van der Waals surface area contributed by atoms with Crippen molar-refractivity contribution in [3.05, 3.63) is 17.7 Å². The van der Waals surface area contributed by atoms with Crippen LogP contribution in [0, 0.1) is 0 Å². The molecule has 1 aliphatic rings. The maximum atomic E-state index is 12.8. The molecule has 24 heavy (non-hydrogen) atoms. The molecule has 1 aliphatic heterocycles. The minimum absolute atomic E-state index is 0.206. The zero-order valence-electron chi connectivity index (χ0n) is 13.9. The third-order valence-corrected chi connectivity index (χ3v) is 3.97. The minimum atomic E-state index is -0.440. The Morgan fingerprint density at radius 2 is 1.92 bits per heavy atom. The monoisotopic (exact) mass is 338 g/mol. The van der Waals surface area contributed by atoms with Gasteiger partial charge in [-0.2, -0.15) is 0 Å². The van der Waals surface area contributed by atoms with Gasteiger partial charge in [-0.1, -0.05) is 0 Å². The Labute approximate surface area is 140 Å². The lowest BCUT2D eigenvalue weighted by Gasteiger charge is -2.24. The van der Waals surface area contributed by atoms with Gasteiger partial charge >= 0.3 is 5.97 Å². The van der Waals surface area contributed by atoms with Crippen molar-refractivity contribution in [2.75, 3.05) is 33.1 Å². The number of anilines is 1. The number of benzene rings is 1. The fraction of sp³-hybridized carbons (Fsp3) is 0.500. The second-order valence-electron chi connectivity index (χ2n) is 5.56. The number of hydrogen-bond donors (Lipinski definition) is 2. The number of nitrogens with zero attached hydrogens (tertiary/aromatic N) is 1.